The highest BCUT2D eigenvalue weighted by Crippen LogP contribution is 2.27. The van der Waals surface area contributed by atoms with E-state index >= 15 is 0 Å². The molecule has 20 heavy (non-hydrogen) atoms. The lowest BCUT2D eigenvalue weighted by atomic mass is 9.98. The van der Waals surface area contributed by atoms with Gasteiger partial charge in [0.05, 0.1) is 6.54 Å². The van der Waals surface area contributed by atoms with Crippen molar-refractivity contribution in [2.24, 2.45) is 5.73 Å². The first-order chi connectivity index (χ1) is 9.78. The minimum atomic E-state index is 0.167. The molecule has 6 heteroatoms. The number of fused-ring (bicyclic) bond motifs is 1. The summed E-state index contributed by atoms with van der Waals surface area (Å²) in [6, 6.07) is 8.60. The number of para-hydroxylation sites is 1. The predicted molar refractivity (Wildman–Crippen MR) is 77.3 cm³/mol. The molecule has 2 N–H and O–H groups in total. The second kappa shape index (κ2) is 5.58. The molecule has 0 saturated carbocycles. The van der Waals surface area contributed by atoms with Crippen LogP contribution in [-0.4, -0.2) is 32.8 Å². The van der Waals surface area contributed by atoms with Crippen molar-refractivity contribution in [1.82, 2.24) is 20.2 Å². The van der Waals surface area contributed by atoms with Gasteiger partial charge in [0.2, 0.25) is 0 Å². The molecule has 1 aromatic carbocycles. The molecule has 2 heterocycles. The molecule has 0 aliphatic carbocycles. The Morgan fingerprint density at radius 1 is 1.35 bits per heavy atom. The fourth-order valence-corrected chi connectivity index (χ4v) is 2.76. The molecule has 1 atom stereocenters. The summed E-state index contributed by atoms with van der Waals surface area (Å²) in [5.74, 6) is 0.899. The third kappa shape index (κ3) is 2.51. The van der Waals surface area contributed by atoms with Crippen LogP contribution in [0.25, 0.3) is 0 Å². The average Bonchev–Trinajstić information content (AvgIpc) is 2.86. The van der Waals surface area contributed by atoms with E-state index in [1.807, 2.05) is 4.68 Å². The SMILES string of the molecule is CCCn1nnnc1CN1CC(N)Cc2ccccc21. The van der Waals surface area contributed by atoms with E-state index in [0.717, 1.165) is 31.8 Å². The zero-order valence-corrected chi connectivity index (χ0v) is 11.7. The minimum Gasteiger partial charge on any atom is -0.362 e. The van der Waals surface area contributed by atoms with Crippen molar-refractivity contribution < 1.29 is 0 Å². The van der Waals surface area contributed by atoms with Gasteiger partial charge in [0.15, 0.2) is 5.82 Å². The van der Waals surface area contributed by atoms with Gasteiger partial charge in [0.1, 0.15) is 0 Å². The minimum absolute atomic E-state index is 0.167. The van der Waals surface area contributed by atoms with Crippen LogP contribution in [0.4, 0.5) is 5.69 Å². The van der Waals surface area contributed by atoms with Gasteiger partial charge in [-0.2, -0.15) is 0 Å². The van der Waals surface area contributed by atoms with Crippen LogP contribution < -0.4 is 10.6 Å². The number of anilines is 1. The summed E-state index contributed by atoms with van der Waals surface area (Å²) in [6.07, 6.45) is 1.96. The lowest BCUT2D eigenvalue weighted by molar-refractivity contribution is 0.534. The molecule has 0 spiro atoms. The van der Waals surface area contributed by atoms with Crippen LogP contribution in [0.5, 0.6) is 0 Å². The Morgan fingerprint density at radius 3 is 3.05 bits per heavy atom. The summed E-state index contributed by atoms with van der Waals surface area (Å²) in [5.41, 5.74) is 8.72. The average molecular weight is 272 g/mol. The summed E-state index contributed by atoms with van der Waals surface area (Å²) in [5, 5.41) is 12.0. The molecule has 3 rings (SSSR count). The third-order valence-electron chi connectivity index (χ3n) is 3.64. The van der Waals surface area contributed by atoms with E-state index < -0.39 is 0 Å². The molecule has 1 aliphatic heterocycles. The van der Waals surface area contributed by atoms with Crippen LogP contribution in [-0.2, 0) is 19.5 Å². The number of tetrazole rings is 1. The number of nitrogens with zero attached hydrogens (tertiary/aromatic N) is 5. The van der Waals surface area contributed by atoms with Crippen molar-refractivity contribution in [2.75, 3.05) is 11.4 Å². The maximum Gasteiger partial charge on any atom is 0.170 e. The van der Waals surface area contributed by atoms with Gasteiger partial charge < -0.3 is 10.6 Å². The summed E-state index contributed by atoms with van der Waals surface area (Å²) in [4.78, 5) is 2.28. The molecule has 106 valence electrons. The van der Waals surface area contributed by atoms with Crippen LogP contribution >= 0.6 is 0 Å². The number of hydrogen-bond donors (Lipinski definition) is 1. The molecule has 0 amide bonds. The van der Waals surface area contributed by atoms with Crippen LogP contribution in [0.2, 0.25) is 0 Å². The van der Waals surface area contributed by atoms with E-state index in [4.69, 9.17) is 5.73 Å². The van der Waals surface area contributed by atoms with Gasteiger partial charge in [-0.25, -0.2) is 4.68 Å². The molecular formula is C14H20N6. The van der Waals surface area contributed by atoms with Crippen LogP contribution in [0, 0.1) is 0 Å². The largest absolute Gasteiger partial charge is 0.362 e. The van der Waals surface area contributed by atoms with Crippen molar-refractivity contribution in [2.45, 2.75) is 38.9 Å². The van der Waals surface area contributed by atoms with Gasteiger partial charge in [-0.1, -0.05) is 25.1 Å². The van der Waals surface area contributed by atoms with Gasteiger partial charge in [-0.3, -0.25) is 0 Å². The summed E-state index contributed by atoms with van der Waals surface area (Å²) < 4.78 is 1.88. The van der Waals surface area contributed by atoms with Crippen LogP contribution in [0.15, 0.2) is 24.3 Å². The first-order valence-electron chi connectivity index (χ1n) is 7.11. The van der Waals surface area contributed by atoms with Gasteiger partial charge in [-0.05, 0) is 34.9 Å². The second-order valence-electron chi connectivity index (χ2n) is 5.29. The second-order valence-corrected chi connectivity index (χ2v) is 5.29. The van der Waals surface area contributed by atoms with Crippen molar-refractivity contribution in [1.29, 1.82) is 0 Å². The first-order valence-corrected chi connectivity index (χ1v) is 7.11. The topological polar surface area (TPSA) is 72.9 Å². The number of rotatable bonds is 4. The van der Waals surface area contributed by atoms with Crippen molar-refractivity contribution in [3.05, 3.63) is 35.7 Å². The Hall–Kier alpha value is -1.95. The number of benzene rings is 1. The number of nitrogens with two attached hydrogens (primary N) is 1. The Labute approximate surface area is 118 Å². The zero-order valence-electron chi connectivity index (χ0n) is 11.7. The summed E-state index contributed by atoms with van der Waals surface area (Å²) in [6.45, 7) is 4.52. The van der Waals surface area contributed by atoms with Crippen LogP contribution in [0.3, 0.4) is 0 Å². The van der Waals surface area contributed by atoms with Crippen LogP contribution in [0.1, 0.15) is 24.7 Å². The highest BCUT2D eigenvalue weighted by molar-refractivity contribution is 5.56. The molecule has 1 aromatic heterocycles. The smallest absolute Gasteiger partial charge is 0.170 e. The molecule has 2 aromatic rings. The quantitative estimate of drug-likeness (QED) is 0.898. The van der Waals surface area contributed by atoms with E-state index in [9.17, 15) is 0 Å². The molecule has 0 saturated heterocycles. The van der Waals surface area contributed by atoms with E-state index in [0.29, 0.717) is 6.54 Å². The fraction of sp³-hybridized carbons (Fsp3) is 0.500. The Balaban J connectivity index is 1.85. The number of aromatic nitrogens is 4. The van der Waals surface area contributed by atoms with Gasteiger partial charge in [0.25, 0.3) is 0 Å². The van der Waals surface area contributed by atoms with E-state index in [-0.39, 0.29) is 6.04 Å². The number of aryl methyl sites for hydroxylation is 1. The normalized spacial score (nSPS) is 18.1. The van der Waals surface area contributed by atoms with E-state index in [1.54, 1.807) is 0 Å². The Morgan fingerprint density at radius 2 is 2.20 bits per heavy atom. The molecular weight excluding hydrogens is 252 g/mol. The molecule has 1 unspecified atom stereocenters. The number of hydrogen-bond acceptors (Lipinski definition) is 5. The fourth-order valence-electron chi connectivity index (χ4n) is 2.76. The lowest BCUT2D eigenvalue weighted by Crippen LogP contribution is -2.43. The molecule has 0 radical (unpaired) electrons. The summed E-state index contributed by atoms with van der Waals surface area (Å²) >= 11 is 0. The van der Waals surface area contributed by atoms with Gasteiger partial charge in [-0.15, -0.1) is 5.10 Å². The third-order valence-corrected chi connectivity index (χ3v) is 3.64. The van der Waals surface area contributed by atoms with Gasteiger partial charge in [0, 0.05) is 24.8 Å². The molecule has 0 fully saturated rings. The van der Waals surface area contributed by atoms with E-state index in [2.05, 4.69) is 51.6 Å². The predicted octanol–water partition coefficient (Wildman–Crippen LogP) is 0.973. The van der Waals surface area contributed by atoms with Gasteiger partial charge >= 0.3 is 0 Å². The van der Waals surface area contributed by atoms with Crippen molar-refractivity contribution in [3.63, 3.8) is 0 Å². The van der Waals surface area contributed by atoms with Crippen molar-refractivity contribution >= 4 is 5.69 Å². The highest BCUT2D eigenvalue weighted by Gasteiger charge is 2.23. The van der Waals surface area contributed by atoms with Crippen molar-refractivity contribution in [3.8, 4) is 0 Å². The maximum absolute atomic E-state index is 6.17. The lowest BCUT2D eigenvalue weighted by Gasteiger charge is -2.34. The Kier molecular flexibility index (Phi) is 3.64. The Bertz CT molecular complexity index is 579. The zero-order chi connectivity index (χ0) is 13.9. The standard InChI is InChI=1S/C14H20N6/c1-2-7-20-14(16-17-18-20)10-19-9-12(15)8-11-5-3-4-6-13(11)19/h3-6,12H,2,7-10,15H2,1H3. The highest BCUT2D eigenvalue weighted by atomic mass is 15.5. The molecule has 6 nitrogen and oxygen atoms in total. The molecule has 0 bridgehead atoms. The summed E-state index contributed by atoms with van der Waals surface area (Å²) in [7, 11) is 0. The first kappa shape index (κ1) is 13.1. The molecule has 1 aliphatic rings. The monoisotopic (exact) mass is 272 g/mol. The van der Waals surface area contributed by atoms with E-state index in [1.165, 1.54) is 11.3 Å². The maximum atomic E-state index is 6.17.